The average Bonchev–Trinajstić information content (AvgIpc) is 2.46. The molecule has 4 nitrogen and oxygen atoms in total. The lowest BCUT2D eigenvalue weighted by Crippen LogP contribution is -2.40. The number of carbonyl (C=O) groups excluding carboxylic acids is 1. The second kappa shape index (κ2) is 8.27. The van der Waals surface area contributed by atoms with Crippen LogP contribution in [0.5, 0.6) is 5.75 Å². The molecule has 0 fully saturated rings. The Morgan fingerprint density at radius 2 is 2.10 bits per heavy atom. The maximum Gasteiger partial charge on any atom is 0.254 e. The summed E-state index contributed by atoms with van der Waals surface area (Å²) in [5.41, 5.74) is 0.647. The summed E-state index contributed by atoms with van der Waals surface area (Å²) in [4.78, 5) is 14.5. The maximum absolute atomic E-state index is 12.6. The molecule has 0 N–H and O–H groups in total. The van der Waals surface area contributed by atoms with Crippen molar-refractivity contribution in [3.63, 3.8) is 0 Å². The van der Waals surface area contributed by atoms with Crippen LogP contribution >= 0.6 is 15.9 Å². The fraction of sp³-hybridized carbons (Fsp3) is 0.533. The Morgan fingerprint density at radius 1 is 1.40 bits per heavy atom. The Hall–Kier alpha value is -1.07. The molecule has 0 aliphatic rings. The van der Waals surface area contributed by atoms with E-state index >= 15 is 0 Å². The van der Waals surface area contributed by atoms with E-state index in [9.17, 15) is 4.79 Å². The van der Waals surface area contributed by atoms with Gasteiger partial charge in [0.15, 0.2) is 0 Å². The molecule has 0 saturated carbocycles. The van der Waals surface area contributed by atoms with Gasteiger partial charge in [-0.05, 0) is 47.5 Å². The van der Waals surface area contributed by atoms with Crippen molar-refractivity contribution < 1.29 is 14.3 Å². The third-order valence-electron chi connectivity index (χ3n) is 3.32. The van der Waals surface area contributed by atoms with Crippen LogP contribution in [0.15, 0.2) is 22.7 Å². The van der Waals surface area contributed by atoms with Crippen LogP contribution in [0.3, 0.4) is 0 Å². The predicted molar refractivity (Wildman–Crippen MR) is 83.4 cm³/mol. The van der Waals surface area contributed by atoms with E-state index in [1.165, 1.54) is 0 Å². The highest BCUT2D eigenvalue weighted by molar-refractivity contribution is 9.10. The summed E-state index contributed by atoms with van der Waals surface area (Å²) < 4.78 is 11.1. The number of methoxy groups -OCH3 is 2. The Bertz CT molecular complexity index is 451. The van der Waals surface area contributed by atoms with Crippen molar-refractivity contribution in [1.82, 2.24) is 4.90 Å². The zero-order valence-corrected chi connectivity index (χ0v) is 14.1. The molecule has 1 aromatic rings. The van der Waals surface area contributed by atoms with Crippen LogP contribution in [0.25, 0.3) is 0 Å². The van der Waals surface area contributed by atoms with E-state index in [1.807, 2.05) is 11.8 Å². The average molecular weight is 344 g/mol. The lowest BCUT2D eigenvalue weighted by Gasteiger charge is -2.28. The van der Waals surface area contributed by atoms with Crippen molar-refractivity contribution in [2.75, 3.05) is 27.4 Å². The summed E-state index contributed by atoms with van der Waals surface area (Å²) in [5.74, 6) is 0.730. The summed E-state index contributed by atoms with van der Waals surface area (Å²) in [6.07, 6.45) is 0.910. The number of carbonyl (C=O) groups is 1. The zero-order valence-electron chi connectivity index (χ0n) is 12.5. The fourth-order valence-electron chi connectivity index (χ4n) is 1.90. The van der Waals surface area contributed by atoms with Crippen LogP contribution in [0.1, 0.15) is 30.6 Å². The van der Waals surface area contributed by atoms with Crippen molar-refractivity contribution in [3.8, 4) is 5.75 Å². The molecule has 0 aliphatic carbocycles. The molecule has 0 aliphatic heterocycles. The smallest absolute Gasteiger partial charge is 0.254 e. The quantitative estimate of drug-likeness (QED) is 0.762. The Morgan fingerprint density at radius 3 is 2.60 bits per heavy atom. The van der Waals surface area contributed by atoms with E-state index in [4.69, 9.17) is 9.47 Å². The first kappa shape index (κ1) is 17.0. The lowest BCUT2D eigenvalue weighted by atomic mass is 10.1. The molecule has 1 aromatic carbocycles. The van der Waals surface area contributed by atoms with E-state index in [2.05, 4.69) is 22.9 Å². The molecule has 0 spiro atoms. The molecule has 0 bridgehead atoms. The number of amides is 1. The van der Waals surface area contributed by atoms with Gasteiger partial charge in [-0.2, -0.15) is 0 Å². The van der Waals surface area contributed by atoms with E-state index in [0.29, 0.717) is 24.5 Å². The number of ether oxygens (including phenoxy) is 2. The van der Waals surface area contributed by atoms with Crippen LogP contribution < -0.4 is 4.74 Å². The van der Waals surface area contributed by atoms with Crippen LogP contribution in [-0.4, -0.2) is 44.2 Å². The van der Waals surface area contributed by atoms with Gasteiger partial charge < -0.3 is 14.4 Å². The third kappa shape index (κ3) is 4.21. The van der Waals surface area contributed by atoms with Crippen molar-refractivity contribution >= 4 is 21.8 Å². The minimum atomic E-state index is 0.0137. The van der Waals surface area contributed by atoms with Gasteiger partial charge >= 0.3 is 0 Å². The van der Waals surface area contributed by atoms with Gasteiger partial charge in [0.25, 0.3) is 5.91 Å². The molecule has 0 aromatic heterocycles. The van der Waals surface area contributed by atoms with E-state index < -0.39 is 0 Å². The Kier molecular flexibility index (Phi) is 7.02. The summed E-state index contributed by atoms with van der Waals surface area (Å²) in [6, 6.07) is 5.55. The monoisotopic (exact) mass is 343 g/mol. The second-order valence-electron chi connectivity index (χ2n) is 4.60. The van der Waals surface area contributed by atoms with Gasteiger partial charge in [0, 0.05) is 25.3 Å². The van der Waals surface area contributed by atoms with Gasteiger partial charge in [-0.15, -0.1) is 0 Å². The van der Waals surface area contributed by atoms with Gasteiger partial charge in [-0.1, -0.05) is 6.92 Å². The number of benzene rings is 1. The Labute approximate surface area is 129 Å². The summed E-state index contributed by atoms with van der Waals surface area (Å²) >= 11 is 3.41. The normalized spacial score (nSPS) is 12.1. The molecule has 5 heteroatoms. The maximum atomic E-state index is 12.6. The SMILES string of the molecule is CCC(C)N(CCOC)C(=O)c1ccc(OC)c(Br)c1. The second-order valence-corrected chi connectivity index (χ2v) is 5.45. The largest absolute Gasteiger partial charge is 0.496 e. The van der Waals surface area contributed by atoms with Crippen molar-refractivity contribution in [2.24, 2.45) is 0 Å². The highest BCUT2D eigenvalue weighted by Crippen LogP contribution is 2.26. The lowest BCUT2D eigenvalue weighted by molar-refractivity contribution is 0.0614. The van der Waals surface area contributed by atoms with E-state index in [0.717, 1.165) is 10.9 Å². The summed E-state index contributed by atoms with van der Waals surface area (Å²) in [7, 11) is 3.24. The minimum Gasteiger partial charge on any atom is -0.496 e. The topological polar surface area (TPSA) is 38.8 Å². The number of rotatable bonds is 7. The molecule has 0 radical (unpaired) electrons. The van der Waals surface area contributed by atoms with Crippen molar-refractivity contribution in [1.29, 1.82) is 0 Å². The highest BCUT2D eigenvalue weighted by atomic mass is 79.9. The van der Waals surface area contributed by atoms with Crippen LogP contribution in [-0.2, 0) is 4.74 Å². The number of hydrogen-bond donors (Lipinski definition) is 0. The van der Waals surface area contributed by atoms with Gasteiger partial charge in [0.2, 0.25) is 0 Å². The zero-order chi connectivity index (χ0) is 15.1. The molecule has 1 amide bonds. The number of nitrogens with zero attached hydrogens (tertiary/aromatic N) is 1. The Balaban J connectivity index is 2.96. The highest BCUT2D eigenvalue weighted by Gasteiger charge is 2.20. The first-order valence-electron chi connectivity index (χ1n) is 6.68. The molecule has 112 valence electrons. The van der Waals surface area contributed by atoms with Crippen molar-refractivity contribution in [3.05, 3.63) is 28.2 Å². The van der Waals surface area contributed by atoms with Gasteiger partial charge in [-0.25, -0.2) is 0 Å². The number of halogens is 1. The molecule has 1 unspecified atom stereocenters. The van der Waals surface area contributed by atoms with Gasteiger partial charge in [-0.3, -0.25) is 4.79 Å². The predicted octanol–water partition coefficient (Wildman–Crippen LogP) is 3.34. The molecule has 1 atom stereocenters. The fourth-order valence-corrected chi connectivity index (χ4v) is 2.44. The van der Waals surface area contributed by atoms with E-state index in [1.54, 1.807) is 32.4 Å². The summed E-state index contributed by atoms with van der Waals surface area (Å²) in [5, 5.41) is 0. The molecule has 20 heavy (non-hydrogen) atoms. The van der Waals surface area contributed by atoms with Gasteiger partial charge in [0.05, 0.1) is 18.2 Å². The van der Waals surface area contributed by atoms with Gasteiger partial charge in [0.1, 0.15) is 5.75 Å². The van der Waals surface area contributed by atoms with Crippen LogP contribution in [0.4, 0.5) is 0 Å². The molecule has 0 saturated heterocycles. The summed E-state index contributed by atoms with van der Waals surface area (Å²) in [6.45, 7) is 5.25. The molecule has 0 heterocycles. The van der Waals surface area contributed by atoms with E-state index in [-0.39, 0.29) is 11.9 Å². The molecule has 1 rings (SSSR count). The number of hydrogen-bond acceptors (Lipinski definition) is 3. The van der Waals surface area contributed by atoms with Crippen LogP contribution in [0.2, 0.25) is 0 Å². The standard InChI is InChI=1S/C15H22BrNO3/c1-5-11(2)17(8-9-19-3)15(18)12-6-7-14(20-4)13(16)10-12/h6-7,10-11H,5,8-9H2,1-4H3. The molecular formula is C15H22BrNO3. The van der Waals surface area contributed by atoms with Crippen molar-refractivity contribution in [2.45, 2.75) is 26.3 Å². The third-order valence-corrected chi connectivity index (χ3v) is 3.94. The van der Waals surface area contributed by atoms with Crippen LogP contribution in [0, 0.1) is 0 Å². The first-order chi connectivity index (χ1) is 9.54. The molecular weight excluding hydrogens is 322 g/mol. The minimum absolute atomic E-state index is 0.0137. The first-order valence-corrected chi connectivity index (χ1v) is 7.47.